The zero-order valence-electron chi connectivity index (χ0n) is 13.7. The Balaban J connectivity index is 1.74. The Hall–Kier alpha value is -1.74. The lowest BCUT2D eigenvalue weighted by atomic mass is 10.2. The predicted molar refractivity (Wildman–Crippen MR) is 89.1 cm³/mol. The number of sulfonamides is 1. The van der Waals surface area contributed by atoms with Gasteiger partial charge in [0.05, 0.1) is 18.1 Å². The van der Waals surface area contributed by atoms with Crippen LogP contribution in [0.4, 0.5) is 0 Å². The van der Waals surface area contributed by atoms with Crippen molar-refractivity contribution in [2.45, 2.75) is 17.9 Å². The van der Waals surface area contributed by atoms with Crippen molar-refractivity contribution < 1.29 is 17.6 Å². The van der Waals surface area contributed by atoms with Gasteiger partial charge < -0.3 is 14.5 Å². The molecule has 0 bridgehead atoms. The lowest BCUT2D eigenvalue weighted by Crippen LogP contribution is -2.48. The first-order chi connectivity index (χ1) is 11.5. The van der Waals surface area contributed by atoms with Crippen LogP contribution in [0.15, 0.2) is 39.8 Å². The second-order valence-electron chi connectivity index (χ2n) is 5.79. The number of aryl methyl sites for hydroxylation is 1. The molecule has 0 aliphatic carbocycles. The minimum Gasteiger partial charge on any atom is -0.449 e. The molecule has 1 unspecified atom stereocenters. The average molecular weight is 351 g/mol. The van der Waals surface area contributed by atoms with E-state index < -0.39 is 10.0 Å². The largest absolute Gasteiger partial charge is 0.449 e. The number of likely N-dealkylation sites (N-methyl/N-ethyl adjacent to an activating group) is 1. The van der Waals surface area contributed by atoms with Crippen LogP contribution in [0, 0.1) is 6.92 Å². The fourth-order valence-corrected chi connectivity index (χ4v) is 3.84. The summed E-state index contributed by atoms with van der Waals surface area (Å²) in [5.74, 6) is 0.573. The molecule has 130 valence electrons. The third-order valence-corrected chi connectivity index (χ3v) is 5.79. The number of ether oxygens (including phenoxy) is 1. The fourth-order valence-electron chi connectivity index (χ4n) is 2.62. The molecule has 1 aliphatic rings. The molecule has 3 rings (SSSR count). The van der Waals surface area contributed by atoms with Gasteiger partial charge in [0.1, 0.15) is 12.0 Å². The number of aromatic nitrogens is 1. The Bertz CT molecular complexity index is 780. The lowest BCUT2D eigenvalue weighted by molar-refractivity contribution is 0.0721. The molecule has 24 heavy (non-hydrogen) atoms. The van der Waals surface area contributed by atoms with Gasteiger partial charge in [-0.1, -0.05) is 12.1 Å². The van der Waals surface area contributed by atoms with E-state index in [1.54, 1.807) is 44.5 Å². The highest BCUT2D eigenvalue weighted by molar-refractivity contribution is 7.89. The van der Waals surface area contributed by atoms with Crippen LogP contribution in [0.2, 0.25) is 0 Å². The number of rotatable bonds is 5. The Morgan fingerprint density at radius 3 is 2.67 bits per heavy atom. The van der Waals surface area contributed by atoms with Crippen molar-refractivity contribution in [3.05, 3.63) is 36.4 Å². The Morgan fingerprint density at radius 1 is 1.33 bits per heavy atom. The molecule has 0 radical (unpaired) electrons. The minimum atomic E-state index is -3.54. The molecule has 1 aromatic heterocycles. The number of oxazole rings is 1. The van der Waals surface area contributed by atoms with E-state index in [4.69, 9.17) is 9.15 Å². The summed E-state index contributed by atoms with van der Waals surface area (Å²) in [4.78, 5) is 4.49. The molecule has 8 heteroatoms. The van der Waals surface area contributed by atoms with E-state index in [2.05, 4.69) is 10.3 Å². The lowest BCUT2D eigenvalue weighted by Gasteiger charge is -2.27. The van der Waals surface area contributed by atoms with Gasteiger partial charge in [0.2, 0.25) is 10.0 Å². The van der Waals surface area contributed by atoms with Gasteiger partial charge in [0.15, 0.2) is 5.89 Å². The van der Waals surface area contributed by atoms with Crippen LogP contribution in [0.25, 0.3) is 11.3 Å². The summed E-state index contributed by atoms with van der Waals surface area (Å²) in [5.41, 5.74) is 1.50. The van der Waals surface area contributed by atoms with E-state index in [0.717, 1.165) is 12.1 Å². The van der Waals surface area contributed by atoms with Crippen molar-refractivity contribution in [3.63, 3.8) is 0 Å². The van der Waals surface area contributed by atoms with Gasteiger partial charge in [-0.2, -0.15) is 4.31 Å². The molecule has 0 amide bonds. The number of nitrogens with zero attached hydrogens (tertiary/aromatic N) is 2. The van der Waals surface area contributed by atoms with Crippen LogP contribution >= 0.6 is 0 Å². The highest BCUT2D eigenvalue weighted by Gasteiger charge is 2.25. The SMILES string of the molecule is Cc1nc(-c2ccc(S(=O)(=O)N(C)CC3COCCN3)cc2)co1. The number of hydrogen-bond acceptors (Lipinski definition) is 6. The highest BCUT2D eigenvalue weighted by Crippen LogP contribution is 2.22. The van der Waals surface area contributed by atoms with Gasteiger partial charge in [-0.3, -0.25) is 0 Å². The zero-order valence-corrected chi connectivity index (χ0v) is 14.5. The number of morpholine rings is 1. The summed E-state index contributed by atoms with van der Waals surface area (Å²) >= 11 is 0. The molecular formula is C16H21N3O4S. The quantitative estimate of drug-likeness (QED) is 0.873. The Labute approximate surface area is 141 Å². The summed E-state index contributed by atoms with van der Waals surface area (Å²) in [6.45, 7) is 4.05. The van der Waals surface area contributed by atoms with Crippen LogP contribution in [-0.2, 0) is 14.8 Å². The van der Waals surface area contributed by atoms with E-state index in [1.165, 1.54) is 4.31 Å². The van der Waals surface area contributed by atoms with Gasteiger partial charge >= 0.3 is 0 Å². The van der Waals surface area contributed by atoms with Crippen molar-refractivity contribution in [2.24, 2.45) is 0 Å². The second kappa shape index (κ2) is 7.02. The molecular weight excluding hydrogens is 330 g/mol. The van der Waals surface area contributed by atoms with Gasteiger partial charge in [-0.05, 0) is 12.1 Å². The normalized spacial score (nSPS) is 18.9. The number of hydrogen-bond donors (Lipinski definition) is 1. The predicted octanol–water partition coefficient (Wildman–Crippen LogP) is 1.26. The summed E-state index contributed by atoms with van der Waals surface area (Å²) in [7, 11) is -1.95. The molecule has 7 nitrogen and oxygen atoms in total. The topological polar surface area (TPSA) is 84.7 Å². The van der Waals surface area contributed by atoms with Gasteiger partial charge in [-0.25, -0.2) is 13.4 Å². The van der Waals surface area contributed by atoms with Gasteiger partial charge in [-0.15, -0.1) is 0 Å². The maximum atomic E-state index is 12.7. The molecule has 1 N–H and O–H groups in total. The van der Waals surface area contributed by atoms with Crippen LogP contribution < -0.4 is 5.32 Å². The van der Waals surface area contributed by atoms with E-state index in [9.17, 15) is 8.42 Å². The van der Waals surface area contributed by atoms with E-state index in [-0.39, 0.29) is 10.9 Å². The van der Waals surface area contributed by atoms with E-state index >= 15 is 0 Å². The molecule has 1 saturated heterocycles. The average Bonchev–Trinajstić information content (AvgIpc) is 3.02. The van der Waals surface area contributed by atoms with E-state index in [1.807, 2.05) is 0 Å². The molecule has 1 aromatic carbocycles. The second-order valence-corrected chi connectivity index (χ2v) is 7.83. The van der Waals surface area contributed by atoms with Crippen LogP contribution in [-0.4, -0.2) is 57.1 Å². The van der Waals surface area contributed by atoms with Crippen LogP contribution in [0.5, 0.6) is 0 Å². The van der Waals surface area contributed by atoms with Crippen molar-refractivity contribution in [1.29, 1.82) is 0 Å². The van der Waals surface area contributed by atoms with Crippen molar-refractivity contribution in [1.82, 2.24) is 14.6 Å². The first-order valence-electron chi connectivity index (χ1n) is 7.77. The third-order valence-electron chi connectivity index (χ3n) is 3.95. The van der Waals surface area contributed by atoms with Crippen molar-refractivity contribution >= 4 is 10.0 Å². The van der Waals surface area contributed by atoms with E-state index in [0.29, 0.717) is 31.3 Å². The standard InChI is InChI=1S/C16H21N3O4S/c1-12-18-16(11-23-12)13-3-5-15(6-4-13)24(20,21)19(2)9-14-10-22-8-7-17-14/h3-6,11,14,17H,7-10H2,1-2H3. The van der Waals surface area contributed by atoms with Crippen LogP contribution in [0.3, 0.4) is 0 Å². The molecule has 1 fully saturated rings. The highest BCUT2D eigenvalue weighted by atomic mass is 32.2. The third kappa shape index (κ3) is 3.67. The summed E-state index contributed by atoms with van der Waals surface area (Å²) < 4.78 is 37.3. The molecule has 1 aliphatic heterocycles. The van der Waals surface area contributed by atoms with Gasteiger partial charge in [0, 0.05) is 38.7 Å². The smallest absolute Gasteiger partial charge is 0.242 e. The summed E-state index contributed by atoms with van der Waals surface area (Å²) in [5, 5.41) is 3.26. The monoisotopic (exact) mass is 351 g/mol. The zero-order chi connectivity index (χ0) is 17.2. The summed E-state index contributed by atoms with van der Waals surface area (Å²) in [6.07, 6.45) is 1.56. The molecule has 1 atom stereocenters. The maximum Gasteiger partial charge on any atom is 0.242 e. The van der Waals surface area contributed by atoms with Crippen LogP contribution in [0.1, 0.15) is 5.89 Å². The molecule has 0 spiro atoms. The van der Waals surface area contributed by atoms with Crippen molar-refractivity contribution in [3.8, 4) is 11.3 Å². The molecule has 2 aromatic rings. The minimum absolute atomic E-state index is 0.0101. The Morgan fingerprint density at radius 2 is 2.08 bits per heavy atom. The fraction of sp³-hybridized carbons (Fsp3) is 0.438. The van der Waals surface area contributed by atoms with Gasteiger partial charge in [0.25, 0.3) is 0 Å². The first-order valence-corrected chi connectivity index (χ1v) is 9.21. The number of benzene rings is 1. The maximum absolute atomic E-state index is 12.7. The summed E-state index contributed by atoms with van der Waals surface area (Å²) in [6, 6.07) is 6.67. The first kappa shape index (κ1) is 17.1. The van der Waals surface area contributed by atoms with Crippen molar-refractivity contribution in [2.75, 3.05) is 33.4 Å². The molecule has 0 saturated carbocycles. The molecule has 2 heterocycles. The number of nitrogens with one attached hydrogen (secondary N) is 1. The Kier molecular flexibility index (Phi) is 5.00.